The quantitative estimate of drug-likeness (QED) is 0.260. The highest BCUT2D eigenvalue weighted by molar-refractivity contribution is 6.05. The Bertz CT molecular complexity index is 1520. The molecule has 5 N–H and O–H groups in total. The van der Waals surface area contributed by atoms with Gasteiger partial charge in [-0.2, -0.15) is 13.2 Å². The number of nitrogen functional groups attached to an aromatic ring is 1. The van der Waals surface area contributed by atoms with Crippen molar-refractivity contribution in [3.63, 3.8) is 0 Å². The fourth-order valence-electron chi connectivity index (χ4n) is 4.30. The molecule has 2 aromatic heterocycles. The van der Waals surface area contributed by atoms with Crippen LogP contribution in [0.1, 0.15) is 34.3 Å². The Morgan fingerprint density at radius 2 is 1.90 bits per heavy atom. The third-order valence-corrected chi connectivity index (χ3v) is 6.39. The molecule has 0 bridgehead atoms. The van der Waals surface area contributed by atoms with Crippen LogP contribution in [0.2, 0.25) is 0 Å². The van der Waals surface area contributed by atoms with Crippen LogP contribution in [0.15, 0.2) is 61.2 Å². The van der Waals surface area contributed by atoms with Crippen LogP contribution in [0.5, 0.6) is 5.75 Å². The molecule has 1 aliphatic rings. The number of halogens is 3. The number of carbonyl (C=O) groups is 1. The van der Waals surface area contributed by atoms with E-state index in [1.54, 1.807) is 41.2 Å². The minimum absolute atomic E-state index is 0.00957. The van der Waals surface area contributed by atoms with Crippen molar-refractivity contribution < 1.29 is 22.7 Å². The second-order valence-electron chi connectivity index (χ2n) is 9.34. The number of aryl methyl sites for hydroxylation is 1. The zero-order valence-corrected chi connectivity index (χ0v) is 21.5. The Labute approximate surface area is 227 Å². The summed E-state index contributed by atoms with van der Waals surface area (Å²) < 4.78 is 48.4. The van der Waals surface area contributed by atoms with Gasteiger partial charge in [0.1, 0.15) is 29.8 Å². The third kappa shape index (κ3) is 6.31. The highest BCUT2D eigenvalue weighted by atomic mass is 19.4. The monoisotopic (exact) mass is 552 g/mol. The van der Waals surface area contributed by atoms with Crippen LogP contribution >= 0.6 is 0 Å². The van der Waals surface area contributed by atoms with Crippen LogP contribution in [-0.2, 0) is 6.18 Å². The van der Waals surface area contributed by atoms with Gasteiger partial charge in [-0.05, 0) is 68.8 Å². The number of imidazole rings is 1. The first-order valence-electron chi connectivity index (χ1n) is 12.6. The second kappa shape index (κ2) is 11.2. The van der Waals surface area contributed by atoms with E-state index in [-0.39, 0.29) is 17.4 Å². The maximum atomic E-state index is 13.6. The van der Waals surface area contributed by atoms with Gasteiger partial charge in [0.15, 0.2) is 0 Å². The number of piperidine rings is 1. The molecule has 0 atom stereocenters. The molecule has 10 nitrogen and oxygen atoms in total. The van der Waals surface area contributed by atoms with Crippen LogP contribution in [-0.4, -0.2) is 44.6 Å². The minimum atomic E-state index is -4.64. The van der Waals surface area contributed by atoms with E-state index in [0.717, 1.165) is 17.7 Å². The van der Waals surface area contributed by atoms with E-state index < -0.39 is 17.6 Å². The molecule has 208 valence electrons. The van der Waals surface area contributed by atoms with Crippen molar-refractivity contribution in [3.8, 4) is 11.6 Å². The normalized spacial score (nSPS) is 14.1. The molecule has 1 aliphatic heterocycles. The predicted octanol–water partition coefficient (Wildman–Crippen LogP) is 4.70. The summed E-state index contributed by atoms with van der Waals surface area (Å²) in [4.78, 5) is 25.5. The average molecular weight is 553 g/mol. The molecule has 0 saturated carbocycles. The van der Waals surface area contributed by atoms with Crippen LogP contribution in [0.4, 0.5) is 36.3 Å². The van der Waals surface area contributed by atoms with E-state index in [1.165, 1.54) is 12.4 Å². The van der Waals surface area contributed by atoms with Gasteiger partial charge in [-0.3, -0.25) is 9.36 Å². The summed E-state index contributed by atoms with van der Waals surface area (Å²) in [6.45, 7) is 3.30. The predicted molar refractivity (Wildman–Crippen MR) is 144 cm³/mol. The molecule has 0 spiro atoms. The summed E-state index contributed by atoms with van der Waals surface area (Å²) in [6, 6.07) is 9.78. The fraction of sp³-hybridized carbons (Fsp3) is 0.259. The molecule has 5 rings (SSSR count). The van der Waals surface area contributed by atoms with Crippen molar-refractivity contribution in [1.29, 1.82) is 0 Å². The number of alkyl halides is 3. The molecule has 2 aromatic carbocycles. The summed E-state index contributed by atoms with van der Waals surface area (Å²) in [5.41, 5.74) is 6.50. The van der Waals surface area contributed by atoms with Crippen LogP contribution in [0.25, 0.3) is 5.82 Å². The van der Waals surface area contributed by atoms with Gasteiger partial charge in [0, 0.05) is 35.4 Å². The summed E-state index contributed by atoms with van der Waals surface area (Å²) in [5, 5.41) is 9.08. The Kier molecular flexibility index (Phi) is 7.56. The number of hydrogen-bond acceptors (Lipinski definition) is 8. The Hall–Kier alpha value is -4.65. The number of ether oxygens (including phenoxy) is 1. The Balaban J connectivity index is 1.37. The first kappa shape index (κ1) is 26.9. The van der Waals surface area contributed by atoms with Gasteiger partial charge in [-0.1, -0.05) is 6.07 Å². The van der Waals surface area contributed by atoms with Crippen molar-refractivity contribution >= 4 is 29.0 Å². The number of rotatable bonds is 7. The maximum absolute atomic E-state index is 13.6. The first-order chi connectivity index (χ1) is 19.2. The molecule has 1 fully saturated rings. The lowest BCUT2D eigenvalue weighted by Gasteiger charge is -2.24. The lowest BCUT2D eigenvalue weighted by molar-refractivity contribution is -0.137. The van der Waals surface area contributed by atoms with Gasteiger partial charge in [0.05, 0.1) is 5.56 Å². The lowest BCUT2D eigenvalue weighted by atomic mass is 10.1. The van der Waals surface area contributed by atoms with Gasteiger partial charge in [-0.25, -0.2) is 15.0 Å². The van der Waals surface area contributed by atoms with Crippen molar-refractivity contribution in [3.05, 3.63) is 77.9 Å². The average Bonchev–Trinajstić information content (AvgIpc) is 3.39. The largest absolute Gasteiger partial charge is 0.490 e. The van der Waals surface area contributed by atoms with Gasteiger partial charge in [0.2, 0.25) is 5.95 Å². The van der Waals surface area contributed by atoms with Crippen molar-refractivity contribution in [2.45, 2.75) is 32.0 Å². The zero-order valence-electron chi connectivity index (χ0n) is 21.5. The number of nitrogens with two attached hydrogens (primary N) is 1. The smallest absolute Gasteiger partial charge is 0.416 e. The molecule has 40 heavy (non-hydrogen) atoms. The molecule has 0 radical (unpaired) electrons. The third-order valence-electron chi connectivity index (χ3n) is 6.39. The summed E-state index contributed by atoms with van der Waals surface area (Å²) in [6.07, 6.45) is 1.09. The zero-order chi connectivity index (χ0) is 28.3. The maximum Gasteiger partial charge on any atom is 0.416 e. The first-order valence-corrected chi connectivity index (χ1v) is 12.6. The van der Waals surface area contributed by atoms with Crippen LogP contribution < -0.4 is 26.4 Å². The number of aromatic nitrogens is 4. The fourth-order valence-corrected chi connectivity index (χ4v) is 4.30. The van der Waals surface area contributed by atoms with Crippen molar-refractivity contribution in [2.75, 3.05) is 29.5 Å². The van der Waals surface area contributed by atoms with E-state index in [1.807, 2.05) is 6.92 Å². The highest BCUT2D eigenvalue weighted by Crippen LogP contribution is 2.34. The molecule has 4 aromatic rings. The van der Waals surface area contributed by atoms with Gasteiger partial charge < -0.3 is 26.4 Å². The van der Waals surface area contributed by atoms with Crippen LogP contribution in [0.3, 0.4) is 0 Å². The van der Waals surface area contributed by atoms with Crippen LogP contribution in [0, 0.1) is 6.92 Å². The summed E-state index contributed by atoms with van der Waals surface area (Å²) in [7, 11) is 0. The lowest BCUT2D eigenvalue weighted by Crippen LogP contribution is -2.34. The molecule has 0 aliphatic carbocycles. The topological polar surface area (TPSA) is 132 Å². The van der Waals surface area contributed by atoms with Crippen molar-refractivity contribution in [2.24, 2.45) is 0 Å². The van der Waals surface area contributed by atoms with Gasteiger partial charge in [-0.15, -0.1) is 0 Å². The standard InChI is InChI=1S/C27H27F3N8O2/c1-16-2-3-19(13-22(16)37-26-33-8-9-38(26)24-14-23(31)34-15-35-24)36-25(39)17-10-18(27(28,29)30)12-21(11-17)40-20-4-6-32-7-5-20/h2-3,8-15,20,32H,4-7H2,1H3,(H,33,37)(H,36,39)(H2,31,34,35). The number of amides is 1. The Morgan fingerprint density at radius 3 is 2.65 bits per heavy atom. The van der Waals surface area contributed by atoms with Crippen molar-refractivity contribution in [1.82, 2.24) is 24.8 Å². The number of carbonyl (C=O) groups excluding carboxylic acids is 1. The molecule has 13 heteroatoms. The van der Waals surface area contributed by atoms with E-state index >= 15 is 0 Å². The number of nitrogens with zero attached hydrogens (tertiary/aromatic N) is 4. The minimum Gasteiger partial charge on any atom is -0.490 e. The van der Waals surface area contributed by atoms with E-state index in [9.17, 15) is 18.0 Å². The SMILES string of the molecule is Cc1ccc(NC(=O)c2cc(OC3CCNCC3)cc(C(F)(F)F)c2)cc1Nc1nccn1-c1cc(N)ncn1. The molecular formula is C27H27F3N8O2. The molecule has 1 amide bonds. The summed E-state index contributed by atoms with van der Waals surface area (Å²) >= 11 is 0. The highest BCUT2D eigenvalue weighted by Gasteiger charge is 2.32. The van der Waals surface area contributed by atoms with Gasteiger partial charge >= 0.3 is 6.18 Å². The van der Waals surface area contributed by atoms with E-state index in [0.29, 0.717) is 54.9 Å². The van der Waals surface area contributed by atoms with E-state index in [4.69, 9.17) is 10.5 Å². The Morgan fingerprint density at radius 1 is 1.10 bits per heavy atom. The number of nitrogens with one attached hydrogen (secondary N) is 3. The second-order valence-corrected chi connectivity index (χ2v) is 9.34. The number of hydrogen-bond donors (Lipinski definition) is 4. The number of anilines is 4. The molecule has 0 unspecified atom stereocenters. The molecule has 1 saturated heterocycles. The molecular weight excluding hydrogens is 525 g/mol. The summed E-state index contributed by atoms with van der Waals surface area (Å²) in [5.74, 6) is 0.540. The number of benzene rings is 2. The van der Waals surface area contributed by atoms with E-state index in [2.05, 4.69) is 30.9 Å². The van der Waals surface area contributed by atoms with Gasteiger partial charge in [0.25, 0.3) is 5.91 Å². The molecule has 3 heterocycles.